The van der Waals surface area contributed by atoms with E-state index in [9.17, 15) is 4.39 Å². The van der Waals surface area contributed by atoms with Crippen molar-refractivity contribution in [3.8, 4) is 0 Å². The summed E-state index contributed by atoms with van der Waals surface area (Å²) in [7, 11) is -0.367. The molecule has 1 aromatic rings. The second-order valence-electron chi connectivity index (χ2n) is 2.56. The molecule has 0 radical (unpaired) electrons. The molecule has 0 unspecified atom stereocenters. The number of aromatic nitrogens is 1. The number of ether oxygens (including phenoxy) is 1. The Labute approximate surface area is 80.7 Å². The summed E-state index contributed by atoms with van der Waals surface area (Å²) in [6, 6.07) is 2.67. The van der Waals surface area contributed by atoms with Crippen LogP contribution in [0.1, 0.15) is 0 Å². The fourth-order valence-corrected chi connectivity index (χ4v) is 0.882. The molecule has 76 valence electrons. The normalized spacial score (nSPS) is 10.0. The Morgan fingerprint density at radius 3 is 2.79 bits per heavy atom. The summed E-state index contributed by atoms with van der Waals surface area (Å²) < 4.78 is 17.7. The average molecular weight is 200 g/mol. The fraction of sp³-hybridized carbons (Fsp3) is 0.286. The number of anilines is 1. The van der Waals surface area contributed by atoms with Crippen LogP contribution in [0.5, 0.6) is 0 Å². The molecule has 0 aliphatic carbocycles. The molecule has 0 fully saturated rings. The minimum atomic E-state index is -1.85. The van der Waals surface area contributed by atoms with E-state index in [0.717, 1.165) is 0 Å². The molecule has 14 heavy (non-hydrogen) atoms. The van der Waals surface area contributed by atoms with E-state index in [4.69, 9.17) is 14.8 Å². The Balaban J connectivity index is 2.78. The summed E-state index contributed by atoms with van der Waals surface area (Å²) >= 11 is 0. The van der Waals surface area contributed by atoms with Gasteiger partial charge in [-0.15, -0.1) is 0 Å². The minimum absolute atomic E-state index is 0.202. The summed E-state index contributed by atoms with van der Waals surface area (Å²) in [4.78, 5) is 3.45. The van der Waals surface area contributed by atoms with Crippen LogP contribution in [0.2, 0.25) is 0 Å². The topological polar surface area (TPSA) is 74.6 Å². The van der Waals surface area contributed by atoms with Gasteiger partial charge in [0.15, 0.2) is 0 Å². The monoisotopic (exact) mass is 200 g/mol. The first-order chi connectivity index (χ1) is 6.65. The summed E-state index contributed by atoms with van der Waals surface area (Å²) in [6.45, 7) is 0.202. The van der Waals surface area contributed by atoms with Gasteiger partial charge in [-0.2, -0.15) is 4.39 Å². The average Bonchev–Trinajstić information content (AvgIpc) is 2.14. The van der Waals surface area contributed by atoms with E-state index in [2.05, 4.69) is 10.3 Å². The first-order valence-corrected chi connectivity index (χ1v) is 3.90. The summed E-state index contributed by atoms with van der Waals surface area (Å²) in [6.07, 6.45) is 0. The molecule has 0 amide bonds. The molecule has 1 heterocycles. The van der Waals surface area contributed by atoms with Crippen molar-refractivity contribution in [2.75, 3.05) is 19.2 Å². The molecule has 0 saturated heterocycles. The molecular formula is C7H10BFN2O3. The number of rotatable bonds is 4. The third-order valence-corrected chi connectivity index (χ3v) is 1.55. The Hall–Kier alpha value is -1.18. The van der Waals surface area contributed by atoms with Crippen molar-refractivity contribution in [3.05, 3.63) is 18.1 Å². The highest BCUT2D eigenvalue weighted by Crippen LogP contribution is 2.01. The van der Waals surface area contributed by atoms with Crippen molar-refractivity contribution >= 4 is 18.4 Å². The Kier molecular flexibility index (Phi) is 3.81. The predicted molar refractivity (Wildman–Crippen MR) is 49.5 cm³/mol. The van der Waals surface area contributed by atoms with E-state index in [1.165, 1.54) is 19.2 Å². The maximum atomic E-state index is 13.0. The number of pyridine rings is 1. The molecule has 0 atom stereocenters. The van der Waals surface area contributed by atoms with Crippen molar-refractivity contribution in [1.29, 1.82) is 0 Å². The highest BCUT2D eigenvalue weighted by molar-refractivity contribution is 6.58. The smallest absolute Gasteiger partial charge is 0.423 e. The summed E-state index contributed by atoms with van der Waals surface area (Å²) in [5.41, 5.74) is -0.257. The number of hydrogen-bond donors (Lipinski definition) is 3. The van der Waals surface area contributed by atoms with Gasteiger partial charge in [-0.3, -0.25) is 0 Å². The van der Waals surface area contributed by atoms with Gasteiger partial charge in [0.2, 0.25) is 5.95 Å². The molecule has 0 aliphatic rings. The highest BCUT2D eigenvalue weighted by Gasteiger charge is 2.17. The predicted octanol–water partition coefficient (Wildman–Crippen LogP) is -1.08. The molecule has 0 bridgehead atoms. The standard InChI is InChI=1S/C7H10BFN2O3/c1-14-4-10-6-3-2-5(8(12)13)7(9)11-6/h2-3,12-13H,4H2,1H3,(H,10,11). The van der Waals surface area contributed by atoms with Crippen molar-refractivity contribution in [1.82, 2.24) is 4.98 Å². The molecule has 0 spiro atoms. The van der Waals surface area contributed by atoms with Gasteiger partial charge in [0.25, 0.3) is 0 Å². The van der Waals surface area contributed by atoms with Crippen LogP contribution in [0.15, 0.2) is 12.1 Å². The first-order valence-electron chi connectivity index (χ1n) is 3.90. The van der Waals surface area contributed by atoms with Crippen LogP contribution >= 0.6 is 0 Å². The van der Waals surface area contributed by atoms with Crippen molar-refractivity contribution in [2.24, 2.45) is 0 Å². The second kappa shape index (κ2) is 4.89. The van der Waals surface area contributed by atoms with Crippen molar-refractivity contribution < 1.29 is 19.2 Å². The molecule has 0 aromatic carbocycles. The van der Waals surface area contributed by atoms with Crippen molar-refractivity contribution in [2.45, 2.75) is 0 Å². The van der Waals surface area contributed by atoms with E-state index in [1.807, 2.05) is 0 Å². The number of nitrogens with zero attached hydrogens (tertiary/aromatic N) is 1. The van der Waals surface area contributed by atoms with Crippen LogP contribution in [-0.2, 0) is 4.74 Å². The highest BCUT2D eigenvalue weighted by atomic mass is 19.1. The van der Waals surface area contributed by atoms with E-state index in [-0.39, 0.29) is 18.0 Å². The van der Waals surface area contributed by atoms with E-state index in [1.54, 1.807) is 0 Å². The molecule has 5 nitrogen and oxygen atoms in total. The Bertz CT molecular complexity index is 311. The molecular weight excluding hydrogens is 190 g/mol. The van der Waals surface area contributed by atoms with E-state index >= 15 is 0 Å². The van der Waals surface area contributed by atoms with Gasteiger partial charge in [0.05, 0.1) is 0 Å². The molecule has 0 saturated carbocycles. The third-order valence-electron chi connectivity index (χ3n) is 1.55. The molecule has 7 heteroatoms. The zero-order valence-electron chi connectivity index (χ0n) is 7.57. The maximum Gasteiger partial charge on any atom is 0.493 e. The SMILES string of the molecule is COCNc1ccc(B(O)O)c(F)n1. The van der Waals surface area contributed by atoms with Crippen LogP contribution in [-0.4, -0.2) is 36.0 Å². The van der Waals surface area contributed by atoms with Crippen LogP contribution in [0.4, 0.5) is 10.2 Å². The van der Waals surface area contributed by atoms with Gasteiger partial charge in [0, 0.05) is 12.6 Å². The Morgan fingerprint density at radius 1 is 1.57 bits per heavy atom. The number of halogens is 1. The second-order valence-corrected chi connectivity index (χ2v) is 2.56. The Morgan fingerprint density at radius 2 is 2.29 bits per heavy atom. The van der Waals surface area contributed by atoms with Gasteiger partial charge in [0.1, 0.15) is 12.5 Å². The van der Waals surface area contributed by atoms with Crippen LogP contribution in [0.3, 0.4) is 0 Å². The number of nitrogens with one attached hydrogen (secondary N) is 1. The summed E-state index contributed by atoms with van der Waals surface area (Å²) in [5, 5.41) is 20.1. The van der Waals surface area contributed by atoms with Crippen LogP contribution in [0.25, 0.3) is 0 Å². The van der Waals surface area contributed by atoms with E-state index < -0.39 is 13.1 Å². The summed E-state index contributed by atoms with van der Waals surface area (Å²) in [5.74, 6) is -0.644. The third kappa shape index (κ3) is 2.66. The molecule has 3 N–H and O–H groups in total. The van der Waals surface area contributed by atoms with Gasteiger partial charge in [-0.1, -0.05) is 6.07 Å². The lowest BCUT2D eigenvalue weighted by molar-refractivity contribution is 0.221. The quantitative estimate of drug-likeness (QED) is 0.327. The first kappa shape index (κ1) is 10.9. The van der Waals surface area contributed by atoms with Crippen molar-refractivity contribution in [3.63, 3.8) is 0 Å². The lowest BCUT2D eigenvalue weighted by atomic mass is 9.81. The van der Waals surface area contributed by atoms with Gasteiger partial charge in [-0.25, -0.2) is 4.98 Å². The zero-order chi connectivity index (χ0) is 10.6. The zero-order valence-corrected chi connectivity index (χ0v) is 7.57. The molecule has 0 aliphatic heterocycles. The largest absolute Gasteiger partial charge is 0.493 e. The maximum absolute atomic E-state index is 13.0. The van der Waals surface area contributed by atoms with Gasteiger partial charge in [-0.05, 0) is 6.07 Å². The fourth-order valence-electron chi connectivity index (χ4n) is 0.882. The van der Waals surface area contributed by atoms with Gasteiger partial charge >= 0.3 is 7.12 Å². The van der Waals surface area contributed by atoms with Gasteiger partial charge < -0.3 is 20.1 Å². The number of methoxy groups -OCH3 is 1. The van der Waals surface area contributed by atoms with E-state index in [0.29, 0.717) is 0 Å². The minimum Gasteiger partial charge on any atom is -0.423 e. The molecule has 1 rings (SSSR count). The lowest BCUT2D eigenvalue weighted by Crippen LogP contribution is -2.33. The molecule has 1 aromatic heterocycles. The van der Waals surface area contributed by atoms with Crippen LogP contribution in [0, 0.1) is 5.95 Å². The lowest BCUT2D eigenvalue weighted by Gasteiger charge is -2.05. The number of hydrogen-bond acceptors (Lipinski definition) is 5. The van der Waals surface area contributed by atoms with Crippen LogP contribution < -0.4 is 10.8 Å².